The summed E-state index contributed by atoms with van der Waals surface area (Å²) < 4.78 is 6.83. The van der Waals surface area contributed by atoms with Crippen molar-refractivity contribution < 1.29 is 4.42 Å². The van der Waals surface area contributed by atoms with E-state index in [2.05, 4.69) is 170 Å². The predicted octanol–water partition coefficient (Wildman–Crippen LogP) is 13.4. The van der Waals surface area contributed by atoms with E-state index in [1.54, 1.807) is 0 Å². The Hall–Kier alpha value is -7.36. The van der Waals surface area contributed by atoms with Crippen LogP contribution in [0.15, 0.2) is 211 Å². The molecule has 0 unspecified atom stereocenters. The molecule has 1 aliphatic rings. The molecule has 0 N–H and O–H groups in total. The third kappa shape index (κ3) is 5.05. The molecule has 1 aliphatic carbocycles. The van der Waals surface area contributed by atoms with E-state index in [9.17, 15) is 0 Å². The SMILES string of the molecule is c1ccc(-c2cc(-c3cccc(-c4ccc5c(c4)oc4cc6c(cc45)-c4ccccc4C6(c4ccccc4)c4ccccc4)c3)nc(-c3ccccc3)n2)cc1. The number of hydrogen-bond acceptors (Lipinski definition) is 3. The molecule has 0 aliphatic heterocycles. The molecule has 56 heavy (non-hydrogen) atoms. The van der Waals surface area contributed by atoms with Crippen molar-refractivity contribution in [2.75, 3.05) is 0 Å². The van der Waals surface area contributed by atoms with E-state index in [1.807, 2.05) is 36.4 Å². The van der Waals surface area contributed by atoms with Gasteiger partial charge in [-0.15, -0.1) is 0 Å². The first-order valence-electron chi connectivity index (χ1n) is 19.1. The zero-order valence-electron chi connectivity index (χ0n) is 30.4. The molecule has 262 valence electrons. The largest absolute Gasteiger partial charge is 0.456 e. The van der Waals surface area contributed by atoms with E-state index in [4.69, 9.17) is 14.4 Å². The molecule has 2 aromatic heterocycles. The summed E-state index contributed by atoms with van der Waals surface area (Å²) in [5, 5.41) is 2.22. The van der Waals surface area contributed by atoms with Crippen LogP contribution in [0.5, 0.6) is 0 Å². The number of hydrogen-bond donors (Lipinski definition) is 0. The number of aromatic nitrogens is 2. The van der Waals surface area contributed by atoms with E-state index in [0.29, 0.717) is 5.82 Å². The topological polar surface area (TPSA) is 38.9 Å². The maximum absolute atomic E-state index is 6.83. The van der Waals surface area contributed by atoms with Crippen molar-refractivity contribution in [3.8, 4) is 56.2 Å². The first-order chi connectivity index (χ1) is 27.7. The third-order valence-electron chi connectivity index (χ3n) is 11.4. The van der Waals surface area contributed by atoms with Crippen LogP contribution in [-0.2, 0) is 5.41 Å². The maximum Gasteiger partial charge on any atom is 0.160 e. The molecule has 0 radical (unpaired) electrons. The number of nitrogens with zero attached hydrogens (tertiary/aromatic N) is 2. The van der Waals surface area contributed by atoms with Gasteiger partial charge in [-0.3, -0.25) is 0 Å². The minimum Gasteiger partial charge on any atom is -0.456 e. The Morgan fingerprint density at radius 2 is 0.893 bits per heavy atom. The van der Waals surface area contributed by atoms with Crippen LogP contribution >= 0.6 is 0 Å². The average Bonchev–Trinajstić information content (AvgIpc) is 3.79. The highest BCUT2D eigenvalue weighted by molar-refractivity contribution is 6.09. The summed E-state index contributed by atoms with van der Waals surface area (Å²) in [6.07, 6.45) is 0. The molecule has 10 aromatic rings. The van der Waals surface area contributed by atoms with Gasteiger partial charge in [0.2, 0.25) is 0 Å². The van der Waals surface area contributed by atoms with Crippen LogP contribution in [0.4, 0.5) is 0 Å². The Morgan fingerprint density at radius 1 is 0.339 bits per heavy atom. The fraction of sp³-hybridized carbons (Fsp3) is 0.0189. The summed E-state index contributed by atoms with van der Waals surface area (Å²) in [6, 6.07) is 73.1. The lowest BCUT2D eigenvalue weighted by Crippen LogP contribution is -2.28. The van der Waals surface area contributed by atoms with E-state index in [0.717, 1.165) is 61.1 Å². The molecule has 0 saturated heterocycles. The number of benzene rings is 8. The summed E-state index contributed by atoms with van der Waals surface area (Å²) in [4.78, 5) is 10.1. The van der Waals surface area contributed by atoms with Gasteiger partial charge in [0.05, 0.1) is 16.8 Å². The van der Waals surface area contributed by atoms with Crippen molar-refractivity contribution in [2.45, 2.75) is 5.41 Å². The minimum absolute atomic E-state index is 0.477. The number of fused-ring (bicyclic) bond motifs is 6. The van der Waals surface area contributed by atoms with Crippen molar-refractivity contribution in [2.24, 2.45) is 0 Å². The predicted molar refractivity (Wildman–Crippen MR) is 228 cm³/mol. The molecule has 0 fully saturated rings. The lowest BCUT2D eigenvalue weighted by Gasteiger charge is -2.33. The summed E-state index contributed by atoms with van der Waals surface area (Å²) in [6.45, 7) is 0. The fourth-order valence-corrected chi connectivity index (χ4v) is 8.82. The van der Waals surface area contributed by atoms with Crippen LogP contribution in [0.25, 0.3) is 78.1 Å². The molecule has 0 bridgehead atoms. The van der Waals surface area contributed by atoms with Gasteiger partial charge in [-0.25, -0.2) is 9.97 Å². The smallest absolute Gasteiger partial charge is 0.160 e. The molecule has 3 heteroatoms. The second-order valence-electron chi connectivity index (χ2n) is 14.5. The molecule has 3 nitrogen and oxygen atoms in total. The van der Waals surface area contributed by atoms with Crippen LogP contribution in [0.2, 0.25) is 0 Å². The highest BCUT2D eigenvalue weighted by atomic mass is 16.3. The van der Waals surface area contributed by atoms with Crippen molar-refractivity contribution in [1.29, 1.82) is 0 Å². The highest BCUT2D eigenvalue weighted by Crippen LogP contribution is 2.57. The van der Waals surface area contributed by atoms with Crippen molar-refractivity contribution in [1.82, 2.24) is 9.97 Å². The Kier molecular flexibility index (Phi) is 7.39. The molecule has 2 heterocycles. The second kappa shape index (κ2) is 12.9. The van der Waals surface area contributed by atoms with Gasteiger partial charge in [0.25, 0.3) is 0 Å². The van der Waals surface area contributed by atoms with Gasteiger partial charge in [0.1, 0.15) is 11.2 Å². The van der Waals surface area contributed by atoms with Gasteiger partial charge in [-0.1, -0.05) is 170 Å². The first-order valence-corrected chi connectivity index (χ1v) is 19.1. The zero-order chi connectivity index (χ0) is 37.1. The fourth-order valence-electron chi connectivity index (χ4n) is 8.82. The zero-order valence-corrected chi connectivity index (χ0v) is 30.4. The molecule has 0 amide bonds. The minimum atomic E-state index is -0.477. The average molecular weight is 715 g/mol. The van der Waals surface area contributed by atoms with E-state index >= 15 is 0 Å². The highest BCUT2D eigenvalue weighted by Gasteiger charge is 2.46. The standard InChI is InChI=1S/C53H34N2O/c1-5-16-35(17-6-1)48-34-49(55-52(54-48)36-18-7-2-8-19-36)39-21-15-20-37(30-39)38-28-29-43-45-32-44-42-26-13-14-27-46(42)53(40-22-9-3-10-23-40,41-24-11-4-12-25-41)47(44)33-51(45)56-50(43)31-38/h1-34H. The summed E-state index contributed by atoms with van der Waals surface area (Å²) in [5.74, 6) is 0.703. The Bertz CT molecular complexity index is 2960. The monoisotopic (exact) mass is 714 g/mol. The van der Waals surface area contributed by atoms with Crippen LogP contribution in [0.1, 0.15) is 22.3 Å². The first kappa shape index (κ1) is 32.1. The van der Waals surface area contributed by atoms with Crippen LogP contribution in [-0.4, -0.2) is 9.97 Å². The van der Waals surface area contributed by atoms with Gasteiger partial charge in [0, 0.05) is 27.5 Å². The molecule has 11 rings (SSSR count). The van der Waals surface area contributed by atoms with Crippen LogP contribution < -0.4 is 0 Å². The summed E-state index contributed by atoms with van der Waals surface area (Å²) >= 11 is 0. The van der Waals surface area contributed by atoms with Crippen molar-refractivity contribution >= 4 is 21.9 Å². The van der Waals surface area contributed by atoms with Crippen molar-refractivity contribution in [3.63, 3.8) is 0 Å². The Labute approximate surface area is 325 Å². The normalized spacial score (nSPS) is 12.8. The molecule has 0 spiro atoms. The second-order valence-corrected chi connectivity index (χ2v) is 14.5. The summed E-state index contributed by atoms with van der Waals surface area (Å²) in [7, 11) is 0. The molecular formula is C53H34N2O. The lowest BCUT2D eigenvalue weighted by molar-refractivity contribution is 0.666. The van der Waals surface area contributed by atoms with Crippen molar-refractivity contribution in [3.05, 3.63) is 229 Å². The van der Waals surface area contributed by atoms with E-state index in [1.165, 1.54) is 33.4 Å². The third-order valence-corrected chi connectivity index (χ3v) is 11.4. The molecule has 0 saturated carbocycles. The molecule has 0 atom stereocenters. The maximum atomic E-state index is 6.83. The Morgan fingerprint density at radius 3 is 1.61 bits per heavy atom. The number of furan rings is 1. The van der Waals surface area contributed by atoms with Gasteiger partial charge in [-0.05, 0) is 80.9 Å². The molecular weight excluding hydrogens is 681 g/mol. The van der Waals surface area contributed by atoms with E-state index < -0.39 is 5.41 Å². The van der Waals surface area contributed by atoms with Gasteiger partial charge >= 0.3 is 0 Å². The summed E-state index contributed by atoms with van der Waals surface area (Å²) in [5.41, 5.74) is 15.8. The van der Waals surface area contributed by atoms with Crippen LogP contribution in [0.3, 0.4) is 0 Å². The van der Waals surface area contributed by atoms with Crippen LogP contribution in [0, 0.1) is 0 Å². The quantitative estimate of drug-likeness (QED) is 0.172. The Balaban J connectivity index is 1.05. The number of rotatable bonds is 6. The van der Waals surface area contributed by atoms with Gasteiger partial charge < -0.3 is 4.42 Å². The molecule has 8 aromatic carbocycles. The van der Waals surface area contributed by atoms with Gasteiger partial charge in [-0.2, -0.15) is 0 Å². The lowest BCUT2D eigenvalue weighted by atomic mass is 9.67. The van der Waals surface area contributed by atoms with E-state index in [-0.39, 0.29) is 0 Å². The van der Waals surface area contributed by atoms with Gasteiger partial charge in [0.15, 0.2) is 5.82 Å².